The van der Waals surface area contributed by atoms with Gasteiger partial charge in [-0.3, -0.25) is 14.9 Å². The van der Waals surface area contributed by atoms with E-state index in [1.165, 1.54) is 12.1 Å². The van der Waals surface area contributed by atoms with E-state index in [-0.39, 0.29) is 5.69 Å². The van der Waals surface area contributed by atoms with E-state index in [1.807, 2.05) is 12.1 Å². The van der Waals surface area contributed by atoms with Crippen LogP contribution in [0.3, 0.4) is 0 Å². The minimum absolute atomic E-state index is 0.0366. The van der Waals surface area contributed by atoms with E-state index in [0.29, 0.717) is 17.0 Å². The molecule has 0 saturated heterocycles. The maximum Gasteiger partial charge on any atom is 0.274 e. The lowest BCUT2D eigenvalue weighted by Crippen LogP contribution is -2.08. The monoisotopic (exact) mass is 390 g/mol. The first-order valence-electron chi connectivity index (χ1n) is 6.98. The van der Waals surface area contributed by atoms with E-state index in [9.17, 15) is 14.9 Å². The van der Waals surface area contributed by atoms with Gasteiger partial charge in [-0.25, -0.2) is 0 Å². The highest BCUT2D eigenvalue weighted by Gasteiger charge is 2.11. The third-order valence-corrected chi connectivity index (χ3v) is 3.77. The van der Waals surface area contributed by atoms with E-state index in [2.05, 4.69) is 21.2 Å². The van der Waals surface area contributed by atoms with Crippen LogP contribution in [0.1, 0.15) is 11.1 Å². The molecule has 0 aliphatic rings. The molecule has 1 amide bonds. The molecule has 0 radical (unpaired) electrons. The molecule has 2 aromatic rings. The smallest absolute Gasteiger partial charge is 0.274 e. The molecule has 0 spiro atoms. The van der Waals surface area contributed by atoms with Crippen LogP contribution in [0.5, 0.6) is 5.75 Å². The first-order chi connectivity index (χ1) is 11.4. The van der Waals surface area contributed by atoms with Gasteiger partial charge in [0.15, 0.2) is 0 Å². The Balaban J connectivity index is 2.15. The fourth-order valence-electron chi connectivity index (χ4n) is 2.07. The molecule has 124 valence electrons. The number of nitrogens with zero attached hydrogens (tertiary/aromatic N) is 1. The predicted octanol–water partition coefficient (Wildman–Crippen LogP) is 4.33. The molecule has 7 heteroatoms. The van der Waals surface area contributed by atoms with Crippen LogP contribution >= 0.6 is 15.9 Å². The lowest BCUT2D eigenvalue weighted by atomic mass is 10.1. The Morgan fingerprint density at radius 1 is 1.29 bits per heavy atom. The molecule has 0 fully saturated rings. The van der Waals surface area contributed by atoms with E-state index >= 15 is 0 Å². The van der Waals surface area contributed by atoms with E-state index in [0.717, 1.165) is 10.0 Å². The van der Waals surface area contributed by atoms with Crippen molar-refractivity contribution in [1.82, 2.24) is 0 Å². The summed E-state index contributed by atoms with van der Waals surface area (Å²) in [4.78, 5) is 22.5. The number of halogens is 1. The minimum Gasteiger partial charge on any atom is -0.496 e. The number of methoxy groups -OCH3 is 1. The number of anilines is 1. The number of nitrogens with one attached hydrogen (secondary N) is 1. The summed E-state index contributed by atoms with van der Waals surface area (Å²) in [6.07, 6.45) is 2.96. The van der Waals surface area contributed by atoms with Gasteiger partial charge in [0.25, 0.3) is 5.69 Å². The second kappa shape index (κ2) is 7.74. The van der Waals surface area contributed by atoms with Crippen molar-refractivity contribution in [1.29, 1.82) is 0 Å². The maximum absolute atomic E-state index is 12.0. The summed E-state index contributed by atoms with van der Waals surface area (Å²) in [7, 11) is 1.55. The largest absolute Gasteiger partial charge is 0.496 e. The Morgan fingerprint density at radius 2 is 2.04 bits per heavy atom. The van der Waals surface area contributed by atoms with Crippen LogP contribution < -0.4 is 10.1 Å². The minimum atomic E-state index is -0.479. The number of hydrogen-bond donors (Lipinski definition) is 1. The molecule has 0 aliphatic heterocycles. The normalized spacial score (nSPS) is 10.6. The number of benzene rings is 2. The van der Waals surface area contributed by atoms with Gasteiger partial charge in [0.05, 0.1) is 12.0 Å². The van der Waals surface area contributed by atoms with Gasteiger partial charge in [-0.15, -0.1) is 0 Å². The highest BCUT2D eigenvalue weighted by molar-refractivity contribution is 9.10. The Labute approximate surface area is 147 Å². The van der Waals surface area contributed by atoms with Gasteiger partial charge in [-0.05, 0) is 37.3 Å². The topological polar surface area (TPSA) is 81.5 Å². The Bertz CT molecular complexity index is 818. The number of rotatable bonds is 5. The zero-order valence-corrected chi connectivity index (χ0v) is 14.7. The lowest BCUT2D eigenvalue weighted by Gasteiger charge is -2.06. The first-order valence-corrected chi connectivity index (χ1v) is 7.77. The molecule has 2 aromatic carbocycles. The Kier molecular flexibility index (Phi) is 5.70. The molecule has 0 heterocycles. The molecule has 2 rings (SSSR count). The lowest BCUT2D eigenvalue weighted by molar-refractivity contribution is -0.385. The molecular formula is C17H15BrN2O4. The van der Waals surface area contributed by atoms with Crippen LogP contribution in [0.4, 0.5) is 11.4 Å². The van der Waals surface area contributed by atoms with Gasteiger partial charge in [0.1, 0.15) is 5.75 Å². The van der Waals surface area contributed by atoms with E-state index < -0.39 is 10.8 Å². The van der Waals surface area contributed by atoms with Crippen molar-refractivity contribution in [2.45, 2.75) is 6.92 Å². The average Bonchev–Trinajstić information content (AvgIpc) is 2.54. The van der Waals surface area contributed by atoms with E-state index in [1.54, 1.807) is 38.3 Å². The molecule has 0 aliphatic carbocycles. The summed E-state index contributed by atoms with van der Waals surface area (Å²) < 4.78 is 6.09. The van der Waals surface area contributed by atoms with E-state index in [4.69, 9.17) is 4.74 Å². The van der Waals surface area contributed by atoms with Gasteiger partial charge in [-0.1, -0.05) is 22.0 Å². The summed E-state index contributed by atoms with van der Waals surface area (Å²) in [5, 5.41) is 13.5. The first kappa shape index (κ1) is 17.7. The molecule has 1 N–H and O–H groups in total. The zero-order valence-electron chi connectivity index (χ0n) is 13.1. The van der Waals surface area contributed by atoms with Gasteiger partial charge < -0.3 is 10.1 Å². The Morgan fingerprint density at radius 3 is 2.71 bits per heavy atom. The molecule has 0 aromatic heterocycles. The standard InChI is InChI=1S/C17H15BrN2O4/c1-11-3-6-14(10-15(11)20(22)23)19-17(21)8-4-12-9-13(18)5-7-16(12)24-2/h3-10H,1-2H3,(H,19,21)/b8-4+. The highest BCUT2D eigenvalue weighted by Crippen LogP contribution is 2.25. The van der Waals surface area contributed by atoms with Crippen LogP contribution in [0.15, 0.2) is 46.9 Å². The van der Waals surface area contributed by atoms with Gasteiger partial charge >= 0.3 is 0 Å². The summed E-state index contributed by atoms with van der Waals surface area (Å²) in [5.74, 6) is 0.239. The van der Waals surface area contributed by atoms with Crippen LogP contribution in [-0.2, 0) is 4.79 Å². The number of amides is 1. The van der Waals surface area contributed by atoms with Crippen molar-refractivity contribution < 1.29 is 14.5 Å². The van der Waals surface area contributed by atoms with Crippen LogP contribution in [0.25, 0.3) is 6.08 Å². The van der Waals surface area contributed by atoms with Gasteiger partial charge in [0.2, 0.25) is 5.91 Å². The second-order valence-corrected chi connectivity index (χ2v) is 5.88. The van der Waals surface area contributed by atoms with Crippen molar-refractivity contribution in [3.8, 4) is 5.75 Å². The third kappa shape index (κ3) is 4.42. The summed E-state index contributed by atoms with van der Waals surface area (Å²) in [6.45, 7) is 1.64. The molecule has 0 saturated carbocycles. The highest BCUT2D eigenvalue weighted by atomic mass is 79.9. The molecule has 0 unspecified atom stereocenters. The fourth-order valence-corrected chi connectivity index (χ4v) is 2.45. The molecule has 0 bridgehead atoms. The van der Waals surface area contributed by atoms with Crippen LogP contribution in [0, 0.1) is 17.0 Å². The summed E-state index contributed by atoms with van der Waals surface area (Å²) in [6, 6.07) is 9.98. The second-order valence-electron chi connectivity index (χ2n) is 4.97. The van der Waals surface area contributed by atoms with Crippen LogP contribution in [-0.4, -0.2) is 17.9 Å². The van der Waals surface area contributed by atoms with Crippen molar-refractivity contribution >= 4 is 39.3 Å². The van der Waals surface area contributed by atoms with Gasteiger partial charge in [-0.2, -0.15) is 0 Å². The number of carbonyl (C=O) groups is 1. The number of ether oxygens (including phenoxy) is 1. The number of nitro groups is 1. The number of aryl methyl sites for hydroxylation is 1. The van der Waals surface area contributed by atoms with Crippen molar-refractivity contribution in [3.05, 3.63) is 68.2 Å². The summed E-state index contributed by atoms with van der Waals surface area (Å²) >= 11 is 3.36. The number of nitro benzene ring substituents is 1. The van der Waals surface area contributed by atoms with Crippen molar-refractivity contribution in [2.24, 2.45) is 0 Å². The quantitative estimate of drug-likeness (QED) is 0.468. The van der Waals surface area contributed by atoms with Crippen molar-refractivity contribution in [3.63, 3.8) is 0 Å². The van der Waals surface area contributed by atoms with Crippen LogP contribution in [0.2, 0.25) is 0 Å². The summed E-state index contributed by atoms with van der Waals surface area (Å²) in [5.41, 5.74) is 1.60. The molecule has 24 heavy (non-hydrogen) atoms. The Hall–Kier alpha value is -2.67. The number of hydrogen-bond acceptors (Lipinski definition) is 4. The number of carbonyl (C=O) groups excluding carboxylic acids is 1. The molecule has 0 atom stereocenters. The predicted molar refractivity (Wildman–Crippen MR) is 96.2 cm³/mol. The SMILES string of the molecule is COc1ccc(Br)cc1/C=C/C(=O)Nc1ccc(C)c([N+](=O)[O-])c1. The third-order valence-electron chi connectivity index (χ3n) is 3.28. The molecular weight excluding hydrogens is 376 g/mol. The fraction of sp³-hybridized carbons (Fsp3) is 0.118. The zero-order chi connectivity index (χ0) is 17.7. The molecule has 6 nitrogen and oxygen atoms in total. The maximum atomic E-state index is 12.0. The van der Waals surface area contributed by atoms with Crippen molar-refractivity contribution in [2.75, 3.05) is 12.4 Å². The van der Waals surface area contributed by atoms with Gasteiger partial charge in [0, 0.05) is 33.4 Å². The average molecular weight is 391 g/mol.